The Kier molecular flexibility index (Phi) is 13.8. The second-order valence-electron chi connectivity index (χ2n) is 12.1. The number of nitrogens with zero attached hydrogens (tertiary/aromatic N) is 2. The van der Waals surface area contributed by atoms with Crippen molar-refractivity contribution >= 4 is 23.9 Å². The number of hydrogen-bond acceptors (Lipinski definition) is 7. The summed E-state index contributed by atoms with van der Waals surface area (Å²) < 4.78 is 19.3. The van der Waals surface area contributed by atoms with Gasteiger partial charge in [-0.3, -0.25) is 9.59 Å². The average Bonchev–Trinajstić information content (AvgIpc) is 3.09. The Balaban J connectivity index is 1.17. The molecule has 0 saturated heterocycles. The van der Waals surface area contributed by atoms with Gasteiger partial charge in [0.15, 0.2) is 24.8 Å². The molecule has 2 aromatic heterocycles. The molecule has 0 fully saturated rings. The Hall–Kier alpha value is -5.58. The van der Waals surface area contributed by atoms with E-state index in [1.54, 1.807) is 58.9 Å². The molecule has 11 heteroatoms. The Labute approximate surface area is 286 Å². The number of pyridine rings is 2. The SMILES string of the molecule is C[C@H](CC(=O)OC[n+]1cccc(C(=O)N[C@H](C)COC(=O)c2ccc[n+](COC(=O)N[C@@H](C)Cc3ccccc3)c2)c1)Cc1ccccc1. The summed E-state index contributed by atoms with van der Waals surface area (Å²) in [7, 11) is 0. The highest BCUT2D eigenvalue weighted by atomic mass is 16.6. The minimum atomic E-state index is -0.589. The van der Waals surface area contributed by atoms with E-state index in [9.17, 15) is 19.2 Å². The van der Waals surface area contributed by atoms with Crippen LogP contribution in [-0.2, 0) is 45.3 Å². The first-order chi connectivity index (χ1) is 23.6. The lowest BCUT2D eigenvalue weighted by molar-refractivity contribution is -0.727. The number of hydrogen-bond donors (Lipinski definition) is 2. The van der Waals surface area contributed by atoms with Crippen LogP contribution in [0.5, 0.6) is 0 Å². The van der Waals surface area contributed by atoms with Crippen LogP contribution in [0.2, 0.25) is 0 Å². The predicted octanol–water partition coefficient (Wildman–Crippen LogP) is 4.32. The third-order valence-corrected chi connectivity index (χ3v) is 7.47. The van der Waals surface area contributed by atoms with Crippen molar-refractivity contribution in [3.8, 4) is 0 Å². The third-order valence-electron chi connectivity index (χ3n) is 7.47. The smallest absolute Gasteiger partial charge is 0.412 e. The van der Waals surface area contributed by atoms with E-state index in [0.717, 1.165) is 12.0 Å². The summed E-state index contributed by atoms with van der Waals surface area (Å²) in [6.45, 7) is 5.44. The molecule has 4 rings (SSSR count). The van der Waals surface area contributed by atoms with E-state index >= 15 is 0 Å². The molecule has 0 bridgehead atoms. The van der Waals surface area contributed by atoms with Crippen molar-refractivity contribution in [2.45, 2.75) is 65.6 Å². The van der Waals surface area contributed by atoms with Gasteiger partial charge in [0, 0.05) is 24.6 Å². The summed E-state index contributed by atoms with van der Waals surface area (Å²) >= 11 is 0. The van der Waals surface area contributed by atoms with Gasteiger partial charge >= 0.3 is 18.0 Å². The van der Waals surface area contributed by atoms with Crippen LogP contribution in [0.25, 0.3) is 0 Å². The molecule has 0 aliphatic rings. The van der Waals surface area contributed by atoms with Gasteiger partial charge in [-0.05, 0) is 55.9 Å². The Bertz CT molecular complexity index is 1680. The van der Waals surface area contributed by atoms with Gasteiger partial charge in [0.05, 0.1) is 6.04 Å². The molecule has 11 nitrogen and oxygen atoms in total. The van der Waals surface area contributed by atoms with Crippen LogP contribution in [0, 0.1) is 5.92 Å². The van der Waals surface area contributed by atoms with Crippen molar-refractivity contribution in [3.05, 3.63) is 132 Å². The second-order valence-corrected chi connectivity index (χ2v) is 12.1. The maximum Gasteiger partial charge on any atom is 0.412 e. The fourth-order valence-electron chi connectivity index (χ4n) is 5.07. The average molecular weight is 669 g/mol. The number of alkyl carbamates (subject to hydrolysis) is 1. The van der Waals surface area contributed by atoms with Gasteiger partial charge in [0.25, 0.3) is 19.4 Å². The van der Waals surface area contributed by atoms with Gasteiger partial charge in [-0.15, -0.1) is 0 Å². The topological polar surface area (TPSA) is 128 Å². The fourth-order valence-corrected chi connectivity index (χ4v) is 5.07. The van der Waals surface area contributed by atoms with Crippen LogP contribution in [0.15, 0.2) is 110 Å². The van der Waals surface area contributed by atoms with E-state index < -0.39 is 18.1 Å². The maximum atomic E-state index is 12.9. The molecule has 0 saturated carbocycles. The van der Waals surface area contributed by atoms with Crippen LogP contribution in [0.3, 0.4) is 0 Å². The van der Waals surface area contributed by atoms with Crippen LogP contribution in [0.4, 0.5) is 4.79 Å². The van der Waals surface area contributed by atoms with Gasteiger partial charge in [-0.2, -0.15) is 9.13 Å². The molecule has 256 valence electrons. The Morgan fingerprint density at radius 2 is 1.20 bits per heavy atom. The third kappa shape index (κ3) is 12.9. The summed E-state index contributed by atoms with van der Waals surface area (Å²) in [5, 5.41) is 5.61. The van der Waals surface area contributed by atoms with Crippen LogP contribution < -0.4 is 19.8 Å². The molecule has 4 aromatic rings. The fraction of sp³-hybridized carbons (Fsp3) is 0.316. The highest BCUT2D eigenvalue weighted by molar-refractivity contribution is 5.93. The number of aromatic nitrogens is 2. The molecule has 0 aliphatic carbocycles. The molecule has 0 aliphatic heterocycles. The second kappa shape index (κ2) is 18.7. The number of nitrogens with one attached hydrogen (secondary N) is 2. The molecule has 0 unspecified atom stereocenters. The lowest BCUT2D eigenvalue weighted by Gasteiger charge is -2.14. The standard InChI is InChI=1S/C38H42N4O7/c1-28(20-31-12-6-4-7-13-31)21-35(43)48-26-41-18-10-16-33(23-41)36(44)39-30(3)25-47-37(45)34-17-11-19-42(24-34)27-49-38(46)40-29(2)22-32-14-8-5-9-15-32/h4-19,23-24,28-30H,20-22,25-27H2,1-3H3/p+2/t28-,29-,30+/m0/s1. The largest absolute Gasteiger partial charge is 0.460 e. The number of carbonyl (C=O) groups excluding carboxylic acids is 4. The van der Waals surface area contributed by atoms with Crippen LogP contribution in [-0.4, -0.2) is 42.6 Å². The summed E-state index contributed by atoms with van der Waals surface area (Å²) in [5.74, 6) is -1.14. The predicted molar refractivity (Wildman–Crippen MR) is 180 cm³/mol. The van der Waals surface area contributed by atoms with E-state index in [1.807, 2.05) is 74.5 Å². The molecule has 49 heavy (non-hydrogen) atoms. The molecule has 2 aromatic carbocycles. The summed E-state index contributed by atoms with van der Waals surface area (Å²) in [4.78, 5) is 50.3. The number of benzene rings is 2. The highest BCUT2D eigenvalue weighted by Gasteiger charge is 2.19. The van der Waals surface area contributed by atoms with Crippen molar-refractivity contribution in [1.29, 1.82) is 0 Å². The highest BCUT2D eigenvalue weighted by Crippen LogP contribution is 2.12. The molecule has 0 radical (unpaired) electrons. The van der Waals surface area contributed by atoms with E-state index in [1.165, 1.54) is 11.8 Å². The van der Waals surface area contributed by atoms with E-state index in [0.29, 0.717) is 12.0 Å². The first-order valence-electron chi connectivity index (χ1n) is 16.3. The Morgan fingerprint density at radius 1 is 0.633 bits per heavy atom. The van der Waals surface area contributed by atoms with Crippen molar-refractivity contribution in [2.75, 3.05) is 6.61 Å². The quantitative estimate of drug-likeness (QED) is 0.103. The number of amides is 2. The summed E-state index contributed by atoms with van der Waals surface area (Å²) in [6.07, 6.45) is 7.65. The number of carbonyl (C=O) groups is 4. The summed E-state index contributed by atoms with van der Waals surface area (Å²) in [6, 6.07) is 25.8. The zero-order valence-corrected chi connectivity index (χ0v) is 28.1. The van der Waals surface area contributed by atoms with Gasteiger partial charge in [-0.25, -0.2) is 9.59 Å². The van der Waals surface area contributed by atoms with Gasteiger partial charge in [-0.1, -0.05) is 67.6 Å². The van der Waals surface area contributed by atoms with Crippen molar-refractivity contribution < 1.29 is 42.5 Å². The van der Waals surface area contributed by atoms with Crippen molar-refractivity contribution in [2.24, 2.45) is 5.92 Å². The maximum absolute atomic E-state index is 12.9. The minimum Gasteiger partial charge on any atom is -0.460 e. The van der Waals surface area contributed by atoms with Gasteiger partial charge in [0.2, 0.25) is 0 Å². The van der Waals surface area contributed by atoms with Gasteiger partial charge < -0.3 is 24.8 Å². The first-order valence-corrected chi connectivity index (χ1v) is 16.3. The molecule has 2 N–H and O–H groups in total. The monoisotopic (exact) mass is 668 g/mol. The molecule has 0 spiro atoms. The lowest BCUT2D eigenvalue weighted by Crippen LogP contribution is -2.41. The number of esters is 2. The van der Waals surface area contributed by atoms with Crippen LogP contribution in [0.1, 0.15) is 59.0 Å². The van der Waals surface area contributed by atoms with Gasteiger partial charge in [0.1, 0.15) is 17.7 Å². The van der Waals surface area contributed by atoms with Crippen molar-refractivity contribution in [3.63, 3.8) is 0 Å². The van der Waals surface area contributed by atoms with E-state index in [4.69, 9.17) is 14.2 Å². The number of ether oxygens (including phenoxy) is 3. The normalized spacial score (nSPS) is 12.6. The Morgan fingerprint density at radius 3 is 1.86 bits per heavy atom. The molecule has 3 atom stereocenters. The molecule has 2 amide bonds. The molecule has 2 heterocycles. The molecular weight excluding hydrogens is 624 g/mol. The zero-order chi connectivity index (χ0) is 35.0. The molecular formula is C38H44N4O7+2. The van der Waals surface area contributed by atoms with E-state index in [2.05, 4.69) is 10.6 Å². The summed E-state index contributed by atoms with van der Waals surface area (Å²) in [5.41, 5.74) is 2.89. The van der Waals surface area contributed by atoms with E-state index in [-0.39, 0.29) is 55.9 Å². The minimum absolute atomic E-state index is 0.0225. The zero-order valence-electron chi connectivity index (χ0n) is 28.1. The van der Waals surface area contributed by atoms with Crippen LogP contribution >= 0.6 is 0 Å². The lowest BCUT2D eigenvalue weighted by atomic mass is 9.98. The first kappa shape index (κ1) is 36.3. The number of rotatable bonds is 16. The van der Waals surface area contributed by atoms with Crippen molar-refractivity contribution in [1.82, 2.24) is 10.6 Å².